The molecule has 0 aromatic carbocycles. The van der Waals surface area contributed by atoms with Crippen LogP contribution in [0, 0.1) is 11.3 Å². The summed E-state index contributed by atoms with van der Waals surface area (Å²) in [5, 5.41) is 8.25. The number of cyclic esters (lactones) is 1. The van der Waals surface area contributed by atoms with E-state index >= 15 is 0 Å². The first-order valence-corrected chi connectivity index (χ1v) is 2.55. The summed E-state index contributed by atoms with van der Waals surface area (Å²) in [5.74, 6) is 0. The largest absolute Gasteiger partial charge is 0.429 e. The van der Waals surface area contributed by atoms with Crippen molar-refractivity contribution in [1.82, 2.24) is 4.90 Å². The van der Waals surface area contributed by atoms with Gasteiger partial charge in [-0.25, -0.2) is 4.79 Å². The van der Waals surface area contributed by atoms with E-state index in [9.17, 15) is 4.79 Å². The van der Waals surface area contributed by atoms with Crippen molar-refractivity contribution in [1.29, 1.82) is 5.26 Å². The standard InChI is InChI=1S/C5H6N2O2/c1-7-3-4(2-6)9-5(7)8/h4H,3H2,1H3. The molecule has 1 unspecified atom stereocenters. The molecule has 1 rings (SSSR count). The zero-order chi connectivity index (χ0) is 6.85. The average Bonchev–Trinajstić information content (AvgIpc) is 2.13. The summed E-state index contributed by atoms with van der Waals surface area (Å²) in [6, 6.07) is 1.84. The number of hydrogen-bond donors (Lipinski definition) is 0. The van der Waals surface area contributed by atoms with Gasteiger partial charge in [0.1, 0.15) is 6.07 Å². The van der Waals surface area contributed by atoms with Gasteiger partial charge in [0.15, 0.2) is 0 Å². The lowest BCUT2D eigenvalue weighted by Gasteiger charge is -1.98. The summed E-state index contributed by atoms with van der Waals surface area (Å²) in [5.41, 5.74) is 0. The Morgan fingerprint density at radius 3 is 2.89 bits per heavy atom. The number of amides is 1. The third-order valence-corrected chi connectivity index (χ3v) is 1.14. The maximum absolute atomic E-state index is 10.5. The highest BCUT2D eigenvalue weighted by Gasteiger charge is 2.27. The van der Waals surface area contributed by atoms with Gasteiger partial charge in [0.05, 0.1) is 6.54 Å². The van der Waals surface area contributed by atoms with Gasteiger partial charge in [-0.3, -0.25) is 0 Å². The summed E-state index contributed by atoms with van der Waals surface area (Å²) in [7, 11) is 1.60. The molecule has 1 aliphatic rings. The van der Waals surface area contributed by atoms with Crippen molar-refractivity contribution in [2.45, 2.75) is 6.10 Å². The normalized spacial score (nSPS) is 25.6. The van der Waals surface area contributed by atoms with Gasteiger partial charge in [-0.15, -0.1) is 0 Å². The van der Waals surface area contributed by atoms with Crippen molar-refractivity contribution in [3.8, 4) is 6.07 Å². The Bertz CT molecular complexity index is 172. The molecule has 4 heteroatoms. The van der Waals surface area contributed by atoms with Gasteiger partial charge in [0, 0.05) is 7.05 Å². The van der Waals surface area contributed by atoms with Crippen molar-refractivity contribution in [3.63, 3.8) is 0 Å². The van der Waals surface area contributed by atoms with Crippen molar-refractivity contribution in [2.24, 2.45) is 0 Å². The van der Waals surface area contributed by atoms with Crippen LogP contribution in [0.3, 0.4) is 0 Å². The highest BCUT2D eigenvalue weighted by Crippen LogP contribution is 2.06. The lowest BCUT2D eigenvalue weighted by atomic mass is 10.4. The van der Waals surface area contributed by atoms with Gasteiger partial charge < -0.3 is 9.64 Å². The maximum atomic E-state index is 10.5. The van der Waals surface area contributed by atoms with Gasteiger partial charge in [-0.1, -0.05) is 0 Å². The first-order valence-electron chi connectivity index (χ1n) is 2.55. The smallest absolute Gasteiger partial charge is 0.411 e. The molecule has 1 saturated heterocycles. The molecule has 4 nitrogen and oxygen atoms in total. The highest BCUT2D eigenvalue weighted by atomic mass is 16.6. The minimum Gasteiger partial charge on any atom is -0.429 e. The predicted octanol–water partition coefficient (Wildman–Crippen LogP) is -0.0394. The summed E-state index contributed by atoms with van der Waals surface area (Å²) < 4.78 is 4.55. The fourth-order valence-electron chi connectivity index (χ4n) is 0.639. The molecule has 1 amide bonds. The van der Waals surface area contributed by atoms with Gasteiger partial charge in [-0.2, -0.15) is 5.26 Å². The Labute approximate surface area is 52.6 Å². The number of nitrogens with zero attached hydrogens (tertiary/aromatic N) is 2. The molecule has 0 aromatic rings. The third kappa shape index (κ3) is 0.941. The molecular formula is C5H6N2O2. The summed E-state index contributed by atoms with van der Waals surface area (Å²) in [6.07, 6.45) is -0.982. The molecule has 1 atom stereocenters. The molecule has 9 heavy (non-hydrogen) atoms. The quantitative estimate of drug-likeness (QED) is 0.457. The molecule has 1 heterocycles. The number of hydrogen-bond acceptors (Lipinski definition) is 3. The van der Waals surface area contributed by atoms with E-state index in [1.54, 1.807) is 7.05 Å². The lowest BCUT2D eigenvalue weighted by Crippen LogP contribution is -2.18. The molecular weight excluding hydrogens is 120 g/mol. The minimum absolute atomic E-state index is 0.384. The molecule has 0 aromatic heterocycles. The van der Waals surface area contributed by atoms with Crippen molar-refractivity contribution in [3.05, 3.63) is 0 Å². The van der Waals surface area contributed by atoms with Crippen LogP contribution >= 0.6 is 0 Å². The van der Waals surface area contributed by atoms with Crippen LogP contribution in [0.25, 0.3) is 0 Å². The molecule has 0 saturated carbocycles. The number of rotatable bonds is 0. The van der Waals surface area contributed by atoms with Crippen LogP contribution in [-0.4, -0.2) is 30.7 Å². The van der Waals surface area contributed by atoms with Crippen LogP contribution in [0.15, 0.2) is 0 Å². The van der Waals surface area contributed by atoms with E-state index in [0.717, 1.165) is 0 Å². The first-order chi connectivity index (χ1) is 4.24. The molecule has 0 spiro atoms. The van der Waals surface area contributed by atoms with Crippen LogP contribution < -0.4 is 0 Å². The third-order valence-electron chi connectivity index (χ3n) is 1.14. The number of carbonyl (C=O) groups is 1. The van der Waals surface area contributed by atoms with E-state index in [0.29, 0.717) is 6.54 Å². The average molecular weight is 126 g/mol. The molecule has 48 valence electrons. The van der Waals surface area contributed by atoms with E-state index in [4.69, 9.17) is 5.26 Å². The zero-order valence-corrected chi connectivity index (χ0v) is 5.00. The highest BCUT2D eigenvalue weighted by molar-refractivity contribution is 5.69. The lowest BCUT2D eigenvalue weighted by molar-refractivity contribution is 0.150. The fraction of sp³-hybridized carbons (Fsp3) is 0.600. The van der Waals surface area contributed by atoms with E-state index in [1.807, 2.05) is 6.07 Å². The van der Waals surface area contributed by atoms with E-state index in [-0.39, 0.29) is 0 Å². The predicted molar refractivity (Wildman–Crippen MR) is 28.5 cm³/mol. The van der Waals surface area contributed by atoms with E-state index in [1.165, 1.54) is 4.90 Å². The fourth-order valence-corrected chi connectivity index (χ4v) is 0.639. The molecule has 0 N–H and O–H groups in total. The molecule has 0 bridgehead atoms. The van der Waals surface area contributed by atoms with Crippen molar-refractivity contribution in [2.75, 3.05) is 13.6 Å². The van der Waals surface area contributed by atoms with Crippen molar-refractivity contribution < 1.29 is 9.53 Å². The second-order valence-electron chi connectivity index (χ2n) is 1.88. The van der Waals surface area contributed by atoms with Gasteiger partial charge >= 0.3 is 6.09 Å². The Balaban J connectivity index is 2.57. The van der Waals surface area contributed by atoms with E-state index in [2.05, 4.69) is 4.74 Å². The Kier molecular flexibility index (Phi) is 1.27. The van der Waals surface area contributed by atoms with Crippen LogP contribution in [0.4, 0.5) is 4.79 Å². The van der Waals surface area contributed by atoms with E-state index < -0.39 is 12.2 Å². The summed E-state index contributed by atoms with van der Waals surface area (Å²) >= 11 is 0. The van der Waals surface area contributed by atoms with Crippen LogP contribution in [0.1, 0.15) is 0 Å². The van der Waals surface area contributed by atoms with Gasteiger partial charge in [-0.05, 0) is 0 Å². The Hall–Kier alpha value is -1.24. The monoisotopic (exact) mass is 126 g/mol. The molecule has 0 radical (unpaired) electrons. The van der Waals surface area contributed by atoms with Crippen LogP contribution in [0.5, 0.6) is 0 Å². The summed E-state index contributed by atoms with van der Waals surface area (Å²) in [6.45, 7) is 0.384. The van der Waals surface area contributed by atoms with Crippen LogP contribution in [-0.2, 0) is 4.74 Å². The molecule has 1 aliphatic heterocycles. The number of ether oxygens (including phenoxy) is 1. The number of nitriles is 1. The van der Waals surface area contributed by atoms with Crippen molar-refractivity contribution >= 4 is 6.09 Å². The zero-order valence-electron chi connectivity index (χ0n) is 5.00. The van der Waals surface area contributed by atoms with Gasteiger partial charge in [0.2, 0.25) is 6.10 Å². The molecule has 0 aliphatic carbocycles. The first kappa shape index (κ1) is 5.89. The Morgan fingerprint density at radius 2 is 2.67 bits per heavy atom. The number of likely N-dealkylation sites (N-methyl/N-ethyl adjacent to an activating group) is 1. The SMILES string of the molecule is CN1CC(C#N)OC1=O. The topological polar surface area (TPSA) is 53.3 Å². The van der Waals surface area contributed by atoms with Gasteiger partial charge in [0.25, 0.3) is 0 Å². The second kappa shape index (κ2) is 1.94. The second-order valence-corrected chi connectivity index (χ2v) is 1.88. The summed E-state index contributed by atoms with van der Waals surface area (Å²) in [4.78, 5) is 11.9. The maximum Gasteiger partial charge on any atom is 0.411 e. The molecule has 1 fully saturated rings. The van der Waals surface area contributed by atoms with Crippen LogP contribution in [0.2, 0.25) is 0 Å². The Morgan fingerprint density at radius 1 is 2.00 bits per heavy atom. The number of carbonyl (C=O) groups excluding carboxylic acids is 1. The minimum atomic E-state index is -0.567.